The summed E-state index contributed by atoms with van der Waals surface area (Å²) in [7, 11) is 3.95. The second kappa shape index (κ2) is 6.26. The topological polar surface area (TPSA) is 28.2 Å². The third kappa shape index (κ3) is 3.61. The molecule has 100 valence electrons. The van der Waals surface area contributed by atoms with Crippen LogP contribution in [0.2, 0.25) is 5.02 Å². The van der Waals surface area contributed by atoms with Crippen LogP contribution < -0.4 is 10.2 Å². The summed E-state index contributed by atoms with van der Waals surface area (Å²) < 4.78 is 0.839. The number of hydrogen-bond donors (Lipinski definition) is 1. The Morgan fingerprint density at radius 2 is 1.95 bits per heavy atom. The molecule has 0 saturated heterocycles. The molecule has 0 radical (unpaired) electrons. The second-order valence-corrected chi connectivity index (χ2v) is 5.56. The van der Waals surface area contributed by atoms with Crippen LogP contribution in [0.5, 0.6) is 0 Å². The lowest BCUT2D eigenvalue weighted by molar-refractivity contribution is 1.02. The maximum Gasteiger partial charge on any atom is 0.106 e. The summed E-state index contributed by atoms with van der Waals surface area (Å²) in [5.74, 6) is 0. The third-order valence-electron chi connectivity index (χ3n) is 2.67. The van der Waals surface area contributed by atoms with E-state index in [-0.39, 0.29) is 0 Å². The van der Waals surface area contributed by atoms with Crippen LogP contribution in [-0.2, 0) is 6.54 Å². The molecule has 2 aromatic rings. The molecule has 5 heteroatoms. The summed E-state index contributed by atoms with van der Waals surface area (Å²) in [6, 6.07) is 11.7. The van der Waals surface area contributed by atoms with Gasteiger partial charge in [0.15, 0.2) is 0 Å². The molecule has 0 aliphatic rings. The lowest BCUT2D eigenvalue weighted by Gasteiger charge is -2.19. The lowest BCUT2D eigenvalue weighted by Crippen LogP contribution is -2.13. The van der Waals surface area contributed by atoms with Crippen molar-refractivity contribution in [3.8, 4) is 0 Å². The molecule has 0 aliphatic carbocycles. The van der Waals surface area contributed by atoms with Crippen molar-refractivity contribution in [2.24, 2.45) is 0 Å². The van der Waals surface area contributed by atoms with Gasteiger partial charge in [-0.05, 0) is 40.2 Å². The quantitative estimate of drug-likeness (QED) is 0.847. The van der Waals surface area contributed by atoms with E-state index in [1.165, 1.54) is 0 Å². The minimum Gasteiger partial charge on any atom is -0.378 e. The van der Waals surface area contributed by atoms with Gasteiger partial charge in [0.1, 0.15) is 4.60 Å². The van der Waals surface area contributed by atoms with Crippen LogP contribution in [0.4, 0.5) is 11.4 Å². The first-order chi connectivity index (χ1) is 9.08. The van der Waals surface area contributed by atoms with E-state index in [9.17, 15) is 0 Å². The summed E-state index contributed by atoms with van der Waals surface area (Å²) in [6.07, 6.45) is 0. The fourth-order valence-corrected chi connectivity index (χ4v) is 2.57. The monoisotopic (exact) mass is 339 g/mol. The summed E-state index contributed by atoms with van der Waals surface area (Å²) in [5.41, 5.74) is 2.96. The summed E-state index contributed by atoms with van der Waals surface area (Å²) in [4.78, 5) is 6.39. The summed E-state index contributed by atoms with van der Waals surface area (Å²) >= 11 is 9.60. The fourth-order valence-electron chi connectivity index (χ4n) is 1.85. The van der Waals surface area contributed by atoms with Crippen LogP contribution in [0.25, 0.3) is 0 Å². The number of halogens is 2. The number of nitrogens with one attached hydrogen (secondary N) is 1. The molecule has 1 aromatic heterocycles. The Morgan fingerprint density at radius 1 is 1.21 bits per heavy atom. The van der Waals surface area contributed by atoms with Crippen molar-refractivity contribution in [3.63, 3.8) is 0 Å². The van der Waals surface area contributed by atoms with Gasteiger partial charge in [-0.1, -0.05) is 23.7 Å². The maximum atomic E-state index is 6.23. The smallest absolute Gasteiger partial charge is 0.106 e. The zero-order valence-corrected chi connectivity index (χ0v) is 13.2. The van der Waals surface area contributed by atoms with Gasteiger partial charge in [0.25, 0.3) is 0 Å². The van der Waals surface area contributed by atoms with Crippen LogP contribution >= 0.6 is 27.5 Å². The molecule has 1 N–H and O–H groups in total. The van der Waals surface area contributed by atoms with Crippen LogP contribution in [0, 0.1) is 0 Å². The van der Waals surface area contributed by atoms with Crippen molar-refractivity contribution >= 4 is 38.9 Å². The van der Waals surface area contributed by atoms with Crippen molar-refractivity contribution in [2.75, 3.05) is 24.3 Å². The van der Waals surface area contributed by atoms with E-state index in [2.05, 4.69) is 26.2 Å². The highest BCUT2D eigenvalue weighted by Crippen LogP contribution is 2.32. The average Bonchev–Trinajstić information content (AvgIpc) is 2.36. The highest BCUT2D eigenvalue weighted by molar-refractivity contribution is 9.10. The Balaban J connectivity index is 2.18. The Morgan fingerprint density at radius 3 is 2.63 bits per heavy atom. The largest absolute Gasteiger partial charge is 0.378 e. The summed E-state index contributed by atoms with van der Waals surface area (Å²) in [5, 5.41) is 4.10. The molecule has 0 saturated carbocycles. The first-order valence-corrected chi connectivity index (χ1v) is 7.06. The molecule has 3 nitrogen and oxygen atoms in total. The van der Waals surface area contributed by atoms with Crippen molar-refractivity contribution in [1.82, 2.24) is 4.98 Å². The molecule has 1 aromatic carbocycles. The van der Waals surface area contributed by atoms with E-state index >= 15 is 0 Å². The number of hydrogen-bond acceptors (Lipinski definition) is 3. The van der Waals surface area contributed by atoms with Gasteiger partial charge in [-0.2, -0.15) is 0 Å². The number of anilines is 2. The van der Waals surface area contributed by atoms with Crippen LogP contribution in [0.3, 0.4) is 0 Å². The number of rotatable bonds is 4. The second-order valence-electron chi connectivity index (χ2n) is 4.34. The van der Waals surface area contributed by atoms with Gasteiger partial charge in [-0.15, -0.1) is 0 Å². The van der Waals surface area contributed by atoms with Gasteiger partial charge >= 0.3 is 0 Å². The molecule has 0 amide bonds. The molecular formula is C14H15BrClN3. The lowest BCUT2D eigenvalue weighted by atomic mass is 10.2. The number of aromatic nitrogens is 1. The zero-order chi connectivity index (χ0) is 13.8. The predicted molar refractivity (Wildman–Crippen MR) is 85.0 cm³/mol. The first kappa shape index (κ1) is 14.2. The molecule has 0 spiro atoms. The molecule has 19 heavy (non-hydrogen) atoms. The molecule has 0 bridgehead atoms. The van der Waals surface area contributed by atoms with Gasteiger partial charge < -0.3 is 10.2 Å². The minimum atomic E-state index is 0.653. The van der Waals surface area contributed by atoms with Crippen molar-refractivity contribution in [1.29, 1.82) is 0 Å². The standard InChI is InChI=1S/C14H15BrClN3/c1-19(2)14-11(16)6-4-7-12(14)17-9-10-5-3-8-13(15)18-10/h3-8,17H,9H2,1-2H3. The Bertz CT molecular complexity index is 572. The molecule has 1 heterocycles. The van der Waals surface area contributed by atoms with Gasteiger partial charge in [0.05, 0.1) is 28.6 Å². The Labute approximate surface area is 126 Å². The first-order valence-electron chi connectivity index (χ1n) is 5.89. The van der Waals surface area contributed by atoms with Gasteiger partial charge in [-0.25, -0.2) is 4.98 Å². The Hall–Kier alpha value is -1.26. The van der Waals surface area contributed by atoms with Gasteiger partial charge in [-0.3, -0.25) is 0 Å². The number of pyridine rings is 1. The van der Waals surface area contributed by atoms with E-state index in [0.29, 0.717) is 6.54 Å². The maximum absolute atomic E-state index is 6.23. The van der Waals surface area contributed by atoms with Gasteiger partial charge in [0, 0.05) is 14.1 Å². The predicted octanol–water partition coefficient (Wildman–Crippen LogP) is 4.18. The van der Waals surface area contributed by atoms with Gasteiger partial charge in [0.2, 0.25) is 0 Å². The molecule has 0 unspecified atom stereocenters. The van der Waals surface area contributed by atoms with Crippen LogP contribution in [0.15, 0.2) is 41.0 Å². The van der Waals surface area contributed by atoms with Crippen molar-refractivity contribution < 1.29 is 0 Å². The molecule has 0 aliphatic heterocycles. The van der Waals surface area contributed by atoms with Crippen molar-refractivity contribution in [2.45, 2.75) is 6.54 Å². The highest BCUT2D eigenvalue weighted by atomic mass is 79.9. The van der Waals surface area contributed by atoms with Crippen molar-refractivity contribution in [3.05, 3.63) is 51.7 Å². The molecule has 0 fully saturated rings. The van der Waals surface area contributed by atoms with E-state index < -0.39 is 0 Å². The van der Waals surface area contributed by atoms with Crippen LogP contribution in [-0.4, -0.2) is 19.1 Å². The third-order valence-corrected chi connectivity index (χ3v) is 3.41. The number of nitrogens with zero attached hydrogens (tertiary/aromatic N) is 2. The number of para-hydroxylation sites is 1. The fraction of sp³-hybridized carbons (Fsp3) is 0.214. The SMILES string of the molecule is CN(C)c1c(Cl)cccc1NCc1cccc(Br)n1. The average molecular weight is 341 g/mol. The summed E-state index contributed by atoms with van der Waals surface area (Å²) in [6.45, 7) is 0.653. The molecule has 2 rings (SSSR count). The minimum absolute atomic E-state index is 0.653. The normalized spacial score (nSPS) is 10.3. The highest BCUT2D eigenvalue weighted by Gasteiger charge is 2.08. The van der Waals surface area contributed by atoms with E-state index in [1.54, 1.807) is 0 Å². The van der Waals surface area contributed by atoms with E-state index in [0.717, 1.165) is 26.7 Å². The van der Waals surface area contributed by atoms with E-state index in [1.807, 2.05) is 55.4 Å². The van der Waals surface area contributed by atoms with E-state index in [4.69, 9.17) is 11.6 Å². The molecule has 0 atom stereocenters. The zero-order valence-electron chi connectivity index (χ0n) is 10.8. The molecular weight excluding hydrogens is 326 g/mol. The number of benzene rings is 1. The van der Waals surface area contributed by atoms with Crippen LogP contribution in [0.1, 0.15) is 5.69 Å². The Kier molecular flexibility index (Phi) is 4.66.